The summed E-state index contributed by atoms with van der Waals surface area (Å²) in [6, 6.07) is 13.1. The summed E-state index contributed by atoms with van der Waals surface area (Å²) in [6.07, 6.45) is 2.87. The first-order chi connectivity index (χ1) is 12.1. The zero-order valence-electron chi connectivity index (χ0n) is 13.4. The molecule has 0 bridgehead atoms. The van der Waals surface area contributed by atoms with E-state index < -0.39 is 0 Å². The van der Waals surface area contributed by atoms with Crippen molar-refractivity contribution < 1.29 is 14.3 Å². The maximum absolute atomic E-state index is 11.9. The highest BCUT2D eigenvalue weighted by Gasteiger charge is 2.09. The van der Waals surface area contributed by atoms with Crippen molar-refractivity contribution in [1.82, 2.24) is 4.98 Å². The largest absolute Gasteiger partial charge is 0.487 e. The molecule has 0 saturated heterocycles. The Morgan fingerprint density at radius 1 is 1.00 bits per heavy atom. The van der Waals surface area contributed by atoms with Gasteiger partial charge in [-0.05, 0) is 30.2 Å². The first-order valence-corrected chi connectivity index (χ1v) is 8.68. The quantitative estimate of drug-likeness (QED) is 0.464. The molecule has 0 fully saturated rings. The third kappa shape index (κ3) is 4.47. The van der Waals surface area contributed by atoms with E-state index in [0.29, 0.717) is 28.6 Å². The van der Waals surface area contributed by atoms with E-state index in [4.69, 9.17) is 32.7 Å². The molecule has 0 unspecified atom stereocenters. The number of hydrogen-bond donors (Lipinski definition) is 1. The van der Waals surface area contributed by atoms with Gasteiger partial charge in [0.1, 0.15) is 13.2 Å². The highest BCUT2D eigenvalue weighted by molar-refractivity contribution is 6.37. The third-order valence-corrected chi connectivity index (χ3v) is 4.38. The van der Waals surface area contributed by atoms with Crippen molar-refractivity contribution >= 4 is 40.1 Å². The Bertz CT molecular complexity index is 856. The Labute approximate surface area is 155 Å². The van der Waals surface area contributed by atoms with E-state index in [2.05, 4.69) is 4.98 Å². The van der Waals surface area contributed by atoms with Gasteiger partial charge in [-0.25, -0.2) is 0 Å². The predicted molar refractivity (Wildman–Crippen MR) is 99.5 cm³/mol. The van der Waals surface area contributed by atoms with Crippen LogP contribution < -0.4 is 4.74 Å². The second kappa shape index (κ2) is 8.28. The fourth-order valence-corrected chi connectivity index (χ4v) is 3.07. The topological polar surface area (TPSA) is 51.3 Å². The number of aryl methyl sites for hydroxylation is 1. The predicted octanol–water partition coefficient (Wildman–Crippen LogP) is 5.03. The number of halogens is 2. The zero-order valence-corrected chi connectivity index (χ0v) is 14.9. The molecule has 1 N–H and O–H groups in total. The van der Waals surface area contributed by atoms with Gasteiger partial charge < -0.3 is 14.5 Å². The Morgan fingerprint density at radius 2 is 1.76 bits per heavy atom. The van der Waals surface area contributed by atoms with Crippen LogP contribution >= 0.6 is 23.2 Å². The molecule has 0 spiro atoms. The lowest BCUT2D eigenvalue weighted by molar-refractivity contribution is -0.144. The highest BCUT2D eigenvalue weighted by atomic mass is 35.5. The van der Waals surface area contributed by atoms with Gasteiger partial charge in [-0.3, -0.25) is 4.79 Å². The van der Waals surface area contributed by atoms with Crippen LogP contribution in [0.5, 0.6) is 5.75 Å². The van der Waals surface area contributed by atoms with Crippen molar-refractivity contribution in [3.05, 3.63) is 64.3 Å². The average Bonchev–Trinajstić information content (AvgIpc) is 3.02. The lowest BCUT2D eigenvalue weighted by atomic mass is 10.1. The van der Waals surface area contributed by atoms with Crippen LogP contribution in [0.15, 0.2) is 48.7 Å². The number of nitrogens with one attached hydrogen (secondary N) is 1. The molecule has 0 aliphatic rings. The number of para-hydroxylation sites is 2. The minimum Gasteiger partial charge on any atom is -0.487 e. The van der Waals surface area contributed by atoms with Crippen molar-refractivity contribution in [2.24, 2.45) is 0 Å². The van der Waals surface area contributed by atoms with Gasteiger partial charge in [0.25, 0.3) is 0 Å². The lowest BCUT2D eigenvalue weighted by Crippen LogP contribution is -2.13. The molecule has 0 amide bonds. The van der Waals surface area contributed by atoms with Crippen LogP contribution in [0.2, 0.25) is 10.0 Å². The van der Waals surface area contributed by atoms with Crippen LogP contribution in [-0.4, -0.2) is 24.2 Å². The first kappa shape index (κ1) is 17.6. The summed E-state index contributed by atoms with van der Waals surface area (Å²) >= 11 is 12.0. The molecule has 0 aliphatic heterocycles. The van der Waals surface area contributed by atoms with Gasteiger partial charge in [-0.15, -0.1) is 0 Å². The van der Waals surface area contributed by atoms with Crippen LogP contribution in [0.3, 0.4) is 0 Å². The van der Waals surface area contributed by atoms with Crippen LogP contribution in [-0.2, 0) is 16.0 Å². The van der Waals surface area contributed by atoms with Crippen molar-refractivity contribution in [2.75, 3.05) is 13.2 Å². The number of esters is 1. The molecule has 1 aromatic heterocycles. The summed E-state index contributed by atoms with van der Waals surface area (Å²) in [6.45, 7) is 0.344. The SMILES string of the molecule is O=C(CCc1c[nH]c2ccccc12)OCCOc1c(Cl)cccc1Cl. The van der Waals surface area contributed by atoms with Gasteiger partial charge in [0.15, 0.2) is 5.75 Å². The van der Waals surface area contributed by atoms with Gasteiger partial charge >= 0.3 is 5.97 Å². The molecule has 130 valence electrons. The fourth-order valence-electron chi connectivity index (χ4n) is 2.57. The van der Waals surface area contributed by atoms with E-state index in [0.717, 1.165) is 16.5 Å². The Morgan fingerprint density at radius 3 is 2.56 bits per heavy atom. The van der Waals surface area contributed by atoms with Crippen molar-refractivity contribution in [3.8, 4) is 5.75 Å². The number of rotatable bonds is 7. The van der Waals surface area contributed by atoms with Crippen LogP contribution in [0, 0.1) is 0 Å². The Hall–Kier alpha value is -2.17. The van der Waals surface area contributed by atoms with E-state index in [1.807, 2.05) is 30.5 Å². The maximum Gasteiger partial charge on any atom is 0.306 e. The van der Waals surface area contributed by atoms with E-state index in [9.17, 15) is 4.79 Å². The normalized spacial score (nSPS) is 10.8. The molecule has 4 nitrogen and oxygen atoms in total. The standard InChI is InChI=1S/C19H17Cl2NO3/c20-15-5-3-6-16(21)19(15)25-11-10-24-18(23)9-8-13-12-22-17-7-2-1-4-14(13)17/h1-7,12,22H,8-11H2. The molecule has 2 aromatic carbocycles. The molecule has 6 heteroatoms. The number of aromatic amines is 1. The fraction of sp³-hybridized carbons (Fsp3) is 0.211. The number of fused-ring (bicyclic) bond motifs is 1. The van der Waals surface area contributed by atoms with Crippen LogP contribution in [0.1, 0.15) is 12.0 Å². The van der Waals surface area contributed by atoms with Gasteiger partial charge in [0.05, 0.1) is 10.0 Å². The summed E-state index contributed by atoms with van der Waals surface area (Å²) in [5.41, 5.74) is 2.17. The highest BCUT2D eigenvalue weighted by Crippen LogP contribution is 2.32. The molecular weight excluding hydrogens is 361 g/mol. The molecular formula is C19H17Cl2NO3. The molecule has 0 saturated carbocycles. The second-order valence-corrected chi connectivity index (χ2v) is 6.29. The van der Waals surface area contributed by atoms with Crippen molar-refractivity contribution in [1.29, 1.82) is 0 Å². The minimum absolute atomic E-state index is 0.147. The molecule has 3 rings (SSSR count). The number of hydrogen-bond acceptors (Lipinski definition) is 3. The first-order valence-electron chi connectivity index (χ1n) is 7.92. The van der Waals surface area contributed by atoms with Gasteiger partial charge in [0, 0.05) is 23.5 Å². The van der Waals surface area contributed by atoms with Crippen LogP contribution in [0.25, 0.3) is 10.9 Å². The van der Waals surface area contributed by atoms with Crippen LogP contribution in [0.4, 0.5) is 0 Å². The summed E-state index contributed by atoms with van der Waals surface area (Å²) in [5.74, 6) is 0.139. The Kier molecular flexibility index (Phi) is 5.84. The summed E-state index contributed by atoms with van der Waals surface area (Å²) in [7, 11) is 0. The van der Waals surface area contributed by atoms with Crippen molar-refractivity contribution in [3.63, 3.8) is 0 Å². The number of carbonyl (C=O) groups is 1. The maximum atomic E-state index is 11.9. The number of benzene rings is 2. The summed E-state index contributed by atoms with van der Waals surface area (Å²) in [5, 5.41) is 1.99. The third-order valence-electron chi connectivity index (χ3n) is 3.79. The monoisotopic (exact) mass is 377 g/mol. The molecule has 0 aliphatic carbocycles. The molecule has 1 heterocycles. The minimum atomic E-state index is -0.265. The smallest absolute Gasteiger partial charge is 0.306 e. The molecule has 0 radical (unpaired) electrons. The van der Waals surface area contributed by atoms with E-state index in [1.165, 1.54) is 0 Å². The number of ether oxygens (including phenoxy) is 2. The molecule has 3 aromatic rings. The van der Waals surface area contributed by atoms with E-state index in [1.54, 1.807) is 18.2 Å². The number of aromatic nitrogens is 1. The van der Waals surface area contributed by atoms with E-state index >= 15 is 0 Å². The van der Waals surface area contributed by atoms with E-state index in [-0.39, 0.29) is 19.2 Å². The summed E-state index contributed by atoms with van der Waals surface area (Å²) in [4.78, 5) is 15.1. The number of carbonyl (C=O) groups excluding carboxylic acids is 1. The Balaban J connectivity index is 1.43. The average molecular weight is 378 g/mol. The molecule has 0 atom stereocenters. The van der Waals surface area contributed by atoms with Gasteiger partial charge in [-0.1, -0.05) is 47.5 Å². The zero-order chi connectivity index (χ0) is 17.6. The lowest BCUT2D eigenvalue weighted by Gasteiger charge is -2.10. The number of H-pyrrole nitrogens is 1. The van der Waals surface area contributed by atoms with Crippen molar-refractivity contribution in [2.45, 2.75) is 12.8 Å². The second-order valence-electron chi connectivity index (χ2n) is 5.48. The summed E-state index contributed by atoms with van der Waals surface area (Å²) < 4.78 is 10.7. The van der Waals surface area contributed by atoms with Gasteiger partial charge in [-0.2, -0.15) is 0 Å². The van der Waals surface area contributed by atoms with Gasteiger partial charge in [0.2, 0.25) is 0 Å². The molecule has 25 heavy (non-hydrogen) atoms.